The second kappa shape index (κ2) is 8.34. The lowest BCUT2D eigenvalue weighted by Gasteiger charge is -2.16. The summed E-state index contributed by atoms with van der Waals surface area (Å²) in [6.45, 7) is -0.638. The molecule has 9 heteroatoms. The van der Waals surface area contributed by atoms with Crippen molar-refractivity contribution in [3.05, 3.63) is 60.2 Å². The van der Waals surface area contributed by atoms with Crippen LogP contribution in [0.1, 0.15) is 12.0 Å². The van der Waals surface area contributed by atoms with Gasteiger partial charge in [0, 0.05) is 18.7 Å². The second-order valence-electron chi connectivity index (χ2n) is 6.44. The Kier molecular flexibility index (Phi) is 5.86. The molecule has 0 bridgehead atoms. The molecule has 152 valence electrons. The highest BCUT2D eigenvalue weighted by Gasteiger charge is 2.37. The molecule has 2 aromatic carbocycles. The van der Waals surface area contributed by atoms with E-state index in [1.165, 1.54) is 17.0 Å². The molecule has 6 nitrogen and oxygen atoms in total. The molecule has 2 amide bonds. The number of nitrogens with one attached hydrogen (secondary N) is 1. The van der Waals surface area contributed by atoms with E-state index in [0.29, 0.717) is 5.69 Å². The number of anilines is 2. The molecule has 0 spiro atoms. The maximum absolute atomic E-state index is 13.0. The molecule has 1 atom stereocenters. The molecule has 0 aromatic heterocycles. The van der Waals surface area contributed by atoms with Gasteiger partial charge < -0.3 is 15.0 Å². The Labute approximate surface area is 164 Å². The first kappa shape index (κ1) is 20.4. The number of para-hydroxylation sites is 2. The van der Waals surface area contributed by atoms with Gasteiger partial charge in [0.25, 0.3) is 5.91 Å². The van der Waals surface area contributed by atoms with Crippen molar-refractivity contribution in [1.29, 1.82) is 0 Å². The van der Waals surface area contributed by atoms with E-state index in [4.69, 9.17) is 4.74 Å². The van der Waals surface area contributed by atoms with E-state index in [2.05, 4.69) is 5.32 Å². The van der Waals surface area contributed by atoms with E-state index in [9.17, 15) is 27.6 Å². The van der Waals surface area contributed by atoms with E-state index >= 15 is 0 Å². The quantitative estimate of drug-likeness (QED) is 0.774. The average molecular weight is 406 g/mol. The number of esters is 1. The molecule has 0 radical (unpaired) electrons. The highest BCUT2D eigenvalue weighted by Crippen LogP contribution is 2.34. The zero-order valence-electron chi connectivity index (χ0n) is 15.1. The van der Waals surface area contributed by atoms with E-state index in [0.717, 1.165) is 12.1 Å². The number of amides is 2. The molecule has 2 aromatic rings. The fourth-order valence-corrected chi connectivity index (χ4v) is 3.00. The van der Waals surface area contributed by atoms with Gasteiger partial charge in [0.05, 0.1) is 17.2 Å². The van der Waals surface area contributed by atoms with Crippen molar-refractivity contribution < 1.29 is 32.3 Å². The lowest BCUT2D eigenvalue weighted by molar-refractivity contribution is -0.151. The van der Waals surface area contributed by atoms with Crippen LogP contribution in [0.5, 0.6) is 0 Å². The summed E-state index contributed by atoms with van der Waals surface area (Å²) in [5.41, 5.74) is -0.777. The van der Waals surface area contributed by atoms with Gasteiger partial charge in [-0.05, 0) is 24.3 Å². The zero-order valence-corrected chi connectivity index (χ0v) is 15.1. The van der Waals surface area contributed by atoms with E-state index in [1.807, 2.05) is 0 Å². The fourth-order valence-electron chi connectivity index (χ4n) is 3.00. The van der Waals surface area contributed by atoms with E-state index < -0.39 is 41.8 Å². The maximum atomic E-state index is 13.0. The van der Waals surface area contributed by atoms with Gasteiger partial charge in [-0.2, -0.15) is 13.2 Å². The van der Waals surface area contributed by atoms with Gasteiger partial charge in [0.2, 0.25) is 5.91 Å². The third kappa shape index (κ3) is 4.92. The van der Waals surface area contributed by atoms with Crippen LogP contribution in [0.3, 0.4) is 0 Å². The Morgan fingerprint density at radius 2 is 1.72 bits per heavy atom. The molecule has 1 heterocycles. The Hall–Kier alpha value is -3.36. The lowest BCUT2D eigenvalue weighted by Crippen LogP contribution is -2.28. The van der Waals surface area contributed by atoms with Crippen LogP contribution in [0.2, 0.25) is 0 Å². The summed E-state index contributed by atoms with van der Waals surface area (Å²) in [4.78, 5) is 37.7. The normalized spacial score (nSPS) is 16.6. The summed E-state index contributed by atoms with van der Waals surface area (Å²) in [7, 11) is 0. The SMILES string of the molecule is O=C(COC(=O)[C@@H]1CC(=O)N(c2ccccc2)C1)Nc1ccccc1C(F)(F)F. The third-order valence-electron chi connectivity index (χ3n) is 4.38. The minimum absolute atomic E-state index is 0.0632. The van der Waals surface area contributed by atoms with Gasteiger partial charge in [-0.3, -0.25) is 14.4 Å². The van der Waals surface area contributed by atoms with Crippen molar-refractivity contribution in [3.63, 3.8) is 0 Å². The van der Waals surface area contributed by atoms with Crippen LogP contribution in [-0.2, 0) is 25.3 Å². The average Bonchev–Trinajstić information content (AvgIpc) is 3.08. The molecule has 1 aliphatic rings. The first-order valence-corrected chi connectivity index (χ1v) is 8.74. The van der Waals surface area contributed by atoms with Crippen molar-refractivity contribution in [2.45, 2.75) is 12.6 Å². The predicted molar refractivity (Wildman–Crippen MR) is 97.9 cm³/mol. The largest absolute Gasteiger partial charge is 0.455 e. The van der Waals surface area contributed by atoms with Crippen molar-refractivity contribution in [2.24, 2.45) is 5.92 Å². The molecular weight excluding hydrogens is 389 g/mol. The Balaban J connectivity index is 1.55. The molecule has 0 unspecified atom stereocenters. The predicted octanol–water partition coefficient (Wildman–Crippen LogP) is 3.24. The molecule has 0 saturated carbocycles. The number of hydrogen-bond acceptors (Lipinski definition) is 4. The van der Waals surface area contributed by atoms with Crippen molar-refractivity contribution >= 4 is 29.2 Å². The van der Waals surface area contributed by atoms with Gasteiger partial charge in [-0.1, -0.05) is 30.3 Å². The maximum Gasteiger partial charge on any atom is 0.418 e. The molecule has 1 aliphatic heterocycles. The number of benzene rings is 2. The Morgan fingerprint density at radius 3 is 2.41 bits per heavy atom. The van der Waals surface area contributed by atoms with Crippen LogP contribution in [0.4, 0.5) is 24.5 Å². The minimum Gasteiger partial charge on any atom is -0.455 e. The molecular formula is C20H17F3N2O4. The summed E-state index contributed by atoms with van der Waals surface area (Å²) < 4.78 is 43.8. The fraction of sp³-hybridized carbons (Fsp3) is 0.250. The minimum atomic E-state index is -4.63. The second-order valence-corrected chi connectivity index (χ2v) is 6.44. The number of ether oxygens (including phenoxy) is 1. The third-order valence-corrected chi connectivity index (χ3v) is 4.38. The summed E-state index contributed by atoms with van der Waals surface area (Å²) in [6, 6.07) is 13.3. The van der Waals surface area contributed by atoms with Crippen LogP contribution in [-0.4, -0.2) is 30.9 Å². The number of halogens is 3. The van der Waals surface area contributed by atoms with Gasteiger partial charge in [-0.25, -0.2) is 0 Å². The van der Waals surface area contributed by atoms with Crippen molar-refractivity contribution in [2.75, 3.05) is 23.4 Å². The van der Waals surface area contributed by atoms with Crippen LogP contribution in [0.15, 0.2) is 54.6 Å². The number of carbonyl (C=O) groups excluding carboxylic acids is 3. The summed E-state index contributed by atoms with van der Waals surface area (Å²) in [5.74, 6) is -2.66. The zero-order chi connectivity index (χ0) is 21.0. The molecule has 1 fully saturated rings. The highest BCUT2D eigenvalue weighted by atomic mass is 19.4. The number of hydrogen-bond donors (Lipinski definition) is 1. The van der Waals surface area contributed by atoms with E-state index in [-0.39, 0.29) is 18.9 Å². The lowest BCUT2D eigenvalue weighted by atomic mass is 10.1. The number of alkyl halides is 3. The molecule has 29 heavy (non-hydrogen) atoms. The number of rotatable bonds is 5. The first-order valence-electron chi connectivity index (χ1n) is 8.74. The summed E-state index contributed by atoms with van der Waals surface area (Å²) in [6.07, 6.45) is -4.70. The first-order chi connectivity index (χ1) is 13.8. The standard InChI is InChI=1S/C20H17F3N2O4/c21-20(22,23)15-8-4-5-9-16(15)24-17(26)12-29-19(28)13-10-18(27)25(11-13)14-6-2-1-3-7-14/h1-9,13H,10-12H2,(H,24,26)/t13-/m1/s1. The summed E-state index contributed by atoms with van der Waals surface area (Å²) in [5, 5.41) is 2.09. The van der Waals surface area contributed by atoms with Crippen LogP contribution < -0.4 is 10.2 Å². The van der Waals surface area contributed by atoms with Crippen molar-refractivity contribution in [3.8, 4) is 0 Å². The topological polar surface area (TPSA) is 75.7 Å². The molecule has 3 rings (SSSR count). The van der Waals surface area contributed by atoms with Crippen LogP contribution in [0, 0.1) is 5.92 Å². The van der Waals surface area contributed by atoms with Gasteiger partial charge in [0.15, 0.2) is 6.61 Å². The number of nitrogens with zero attached hydrogens (tertiary/aromatic N) is 1. The van der Waals surface area contributed by atoms with Crippen molar-refractivity contribution in [1.82, 2.24) is 0 Å². The smallest absolute Gasteiger partial charge is 0.418 e. The molecule has 1 saturated heterocycles. The number of carbonyl (C=O) groups is 3. The van der Waals surface area contributed by atoms with Gasteiger partial charge in [0.1, 0.15) is 0 Å². The molecule has 1 N–H and O–H groups in total. The van der Waals surface area contributed by atoms with Crippen LogP contribution in [0.25, 0.3) is 0 Å². The monoisotopic (exact) mass is 406 g/mol. The van der Waals surface area contributed by atoms with Gasteiger partial charge >= 0.3 is 12.1 Å². The summed E-state index contributed by atoms with van der Waals surface area (Å²) >= 11 is 0. The van der Waals surface area contributed by atoms with Gasteiger partial charge in [-0.15, -0.1) is 0 Å². The Bertz CT molecular complexity index is 915. The highest BCUT2D eigenvalue weighted by molar-refractivity contribution is 6.00. The van der Waals surface area contributed by atoms with E-state index in [1.54, 1.807) is 30.3 Å². The molecule has 0 aliphatic carbocycles. The van der Waals surface area contributed by atoms with Crippen LogP contribution >= 0.6 is 0 Å². The Morgan fingerprint density at radius 1 is 1.07 bits per heavy atom.